The normalized spacial score (nSPS) is 18.8. The van der Waals surface area contributed by atoms with Crippen molar-refractivity contribution in [1.29, 1.82) is 0 Å². The average molecular weight is 385 g/mol. The molecular formula is C19H23N5O4. The van der Waals surface area contributed by atoms with Crippen molar-refractivity contribution in [2.75, 3.05) is 45.8 Å². The summed E-state index contributed by atoms with van der Waals surface area (Å²) in [6.07, 6.45) is -0.601. The third-order valence-electron chi connectivity index (χ3n) is 4.82. The Bertz CT molecular complexity index is 965. The Morgan fingerprint density at radius 2 is 1.96 bits per heavy atom. The number of ether oxygens (including phenoxy) is 3. The average Bonchev–Trinajstić information content (AvgIpc) is 2.72. The fourth-order valence-electron chi connectivity index (χ4n) is 3.41. The van der Waals surface area contributed by atoms with E-state index in [1.807, 2.05) is 12.1 Å². The number of aliphatic imine (C=N–C) groups is 1. The molecule has 4 rings (SSSR count). The molecule has 0 saturated carbocycles. The highest BCUT2D eigenvalue weighted by atomic mass is 16.5. The number of methoxy groups -OCH3 is 2. The van der Waals surface area contributed by atoms with Gasteiger partial charge in [-0.2, -0.15) is 0 Å². The molecule has 2 aliphatic heterocycles. The second-order valence-corrected chi connectivity index (χ2v) is 6.59. The molecule has 2 aromatic rings. The van der Waals surface area contributed by atoms with Crippen molar-refractivity contribution in [1.82, 2.24) is 14.5 Å². The van der Waals surface area contributed by atoms with Crippen LogP contribution in [0.15, 0.2) is 34.1 Å². The molecule has 0 spiro atoms. The lowest BCUT2D eigenvalue weighted by molar-refractivity contribution is 0.0675. The van der Waals surface area contributed by atoms with Crippen LogP contribution in [0.5, 0.6) is 11.5 Å². The molecule has 1 atom stereocenters. The smallest absolute Gasteiger partial charge is 0.257 e. The van der Waals surface area contributed by atoms with E-state index < -0.39 is 6.17 Å². The van der Waals surface area contributed by atoms with Crippen molar-refractivity contribution in [3.8, 4) is 11.5 Å². The van der Waals surface area contributed by atoms with E-state index in [0.717, 1.165) is 5.56 Å². The van der Waals surface area contributed by atoms with Crippen molar-refractivity contribution in [3.63, 3.8) is 0 Å². The Kier molecular flexibility index (Phi) is 4.91. The van der Waals surface area contributed by atoms with Crippen LogP contribution >= 0.6 is 0 Å². The highest BCUT2D eigenvalue weighted by Gasteiger charge is 2.30. The fourth-order valence-corrected chi connectivity index (χ4v) is 3.41. The van der Waals surface area contributed by atoms with E-state index in [4.69, 9.17) is 19.2 Å². The topological polar surface area (TPSA) is 90.2 Å². The van der Waals surface area contributed by atoms with Crippen molar-refractivity contribution in [2.24, 2.45) is 4.99 Å². The third kappa shape index (κ3) is 3.29. The first kappa shape index (κ1) is 18.3. The predicted octanol–water partition coefficient (Wildman–Crippen LogP) is 1.23. The van der Waals surface area contributed by atoms with Gasteiger partial charge >= 0.3 is 0 Å². The number of nitrogens with zero attached hydrogens (tertiary/aromatic N) is 4. The molecule has 1 aromatic carbocycles. The summed E-state index contributed by atoms with van der Waals surface area (Å²) in [6, 6.07) is 6.98. The molecule has 9 heteroatoms. The first-order chi connectivity index (χ1) is 13.6. The lowest BCUT2D eigenvalue weighted by Crippen LogP contribution is -2.47. The number of aryl methyl sites for hydroxylation is 1. The molecule has 1 saturated heterocycles. The Morgan fingerprint density at radius 1 is 1.18 bits per heavy atom. The van der Waals surface area contributed by atoms with Gasteiger partial charge in [0.2, 0.25) is 11.9 Å². The fraction of sp³-hybridized carbons (Fsp3) is 0.421. The number of hydrogen-bond donors (Lipinski definition) is 1. The minimum Gasteiger partial charge on any atom is -0.497 e. The molecule has 28 heavy (non-hydrogen) atoms. The minimum absolute atomic E-state index is 0.178. The SMILES string of the molecule is COc1ccc(C2N=C(N3CCOCC3)Nc3nc(C)cc(=O)n32)c(OC)c1. The summed E-state index contributed by atoms with van der Waals surface area (Å²) in [7, 11) is 3.18. The van der Waals surface area contributed by atoms with Gasteiger partial charge in [-0.3, -0.25) is 14.7 Å². The van der Waals surface area contributed by atoms with E-state index in [1.165, 1.54) is 6.07 Å². The lowest BCUT2D eigenvalue weighted by Gasteiger charge is -2.34. The number of rotatable bonds is 3. The quantitative estimate of drug-likeness (QED) is 0.850. The van der Waals surface area contributed by atoms with E-state index in [0.29, 0.717) is 55.4 Å². The van der Waals surface area contributed by atoms with Crippen molar-refractivity contribution in [2.45, 2.75) is 13.1 Å². The first-order valence-electron chi connectivity index (χ1n) is 9.10. The molecule has 1 fully saturated rings. The number of nitrogens with one attached hydrogen (secondary N) is 1. The van der Waals surface area contributed by atoms with Crippen LogP contribution in [-0.2, 0) is 4.74 Å². The summed E-state index contributed by atoms with van der Waals surface area (Å²) < 4.78 is 17.8. The van der Waals surface area contributed by atoms with Gasteiger partial charge in [0.15, 0.2) is 6.17 Å². The monoisotopic (exact) mass is 385 g/mol. The van der Waals surface area contributed by atoms with Crippen molar-refractivity contribution >= 4 is 11.9 Å². The number of morpholine rings is 1. The number of aromatic nitrogens is 2. The van der Waals surface area contributed by atoms with Gasteiger partial charge in [0.05, 0.1) is 27.4 Å². The number of guanidine groups is 1. The second kappa shape index (κ2) is 7.51. The van der Waals surface area contributed by atoms with Crippen LogP contribution in [0.4, 0.5) is 5.95 Å². The Morgan fingerprint density at radius 3 is 2.68 bits per heavy atom. The van der Waals surface area contributed by atoms with Gasteiger partial charge in [-0.1, -0.05) is 0 Å². The number of anilines is 1. The zero-order chi connectivity index (χ0) is 19.7. The summed E-state index contributed by atoms with van der Waals surface area (Å²) in [6.45, 7) is 4.49. The zero-order valence-corrected chi connectivity index (χ0v) is 16.1. The summed E-state index contributed by atoms with van der Waals surface area (Å²) >= 11 is 0. The minimum atomic E-state index is -0.601. The van der Waals surface area contributed by atoms with Gasteiger partial charge < -0.3 is 19.1 Å². The van der Waals surface area contributed by atoms with Gasteiger partial charge in [0.1, 0.15) is 11.5 Å². The Hall–Kier alpha value is -3.07. The molecular weight excluding hydrogens is 362 g/mol. The van der Waals surface area contributed by atoms with Crippen molar-refractivity contribution in [3.05, 3.63) is 45.9 Å². The summed E-state index contributed by atoms with van der Waals surface area (Å²) in [5.41, 5.74) is 1.22. The van der Waals surface area contributed by atoms with Crippen LogP contribution in [0.25, 0.3) is 0 Å². The van der Waals surface area contributed by atoms with Crippen LogP contribution in [0.3, 0.4) is 0 Å². The van der Waals surface area contributed by atoms with Crippen LogP contribution in [0.2, 0.25) is 0 Å². The molecule has 148 valence electrons. The van der Waals surface area contributed by atoms with Gasteiger partial charge in [-0.25, -0.2) is 9.98 Å². The number of hydrogen-bond acceptors (Lipinski definition) is 8. The maximum atomic E-state index is 12.8. The van der Waals surface area contributed by atoms with Crippen LogP contribution in [-0.4, -0.2) is 60.9 Å². The molecule has 1 N–H and O–H groups in total. The highest BCUT2D eigenvalue weighted by Crippen LogP contribution is 2.34. The maximum Gasteiger partial charge on any atom is 0.257 e. The third-order valence-corrected chi connectivity index (χ3v) is 4.82. The largest absolute Gasteiger partial charge is 0.497 e. The van der Waals surface area contributed by atoms with E-state index in [9.17, 15) is 4.79 Å². The lowest BCUT2D eigenvalue weighted by atomic mass is 10.1. The Balaban J connectivity index is 1.86. The second-order valence-electron chi connectivity index (χ2n) is 6.59. The highest BCUT2D eigenvalue weighted by molar-refractivity contribution is 5.93. The molecule has 2 aliphatic rings. The Labute approximate surface area is 162 Å². The summed E-state index contributed by atoms with van der Waals surface area (Å²) in [5, 5.41) is 3.21. The van der Waals surface area contributed by atoms with E-state index >= 15 is 0 Å². The van der Waals surface area contributed by atoms with E-state index in [2.05, 4.69) is 15.2 Å². The standard InChI is InChI=1S/C19H23N5O4/c1-12-10-16(25)24-17(14-5-4-13(26-2)11-15(14)27-3)21-18(22-19(24)20-12)23-6-8-28-9-7-23/h4-5,10-11,17H,6-9H2,1-3H3,(H,20,21,22). The summed E-state index contributed by atoms with van der Waals surface area (Å²) in [5.74, 6) is 2.39. The summed E-state index contributed by atoms with van der Waals surface area (Å²) in [4.78, 5) is 24.3. The molecule has 1 aromatic heterocycles. The van der Waals surface area contributed by atoms with Crippen LogP contribution in [0.1, 0.15) is 17.4 Å². The molecule has 0 aliphatic carbocycles. The van der Waals surface area contributed by atoms with Gasteiger partial charge in [0, 0.05) is 36.5 Å². The van der Waals surface area contributed by atoms with Crippen molar-refractivity contribution < 1.29 is 14.2 Å². The van der Waals surface area contributed by atoms with Gasteiger partial charge in [-0.15, -0.1) is 0 Å². The molecule has 1 unspecified atom stereocenters. The maximum absolute atomic E-state index is 12.8. The molecule has 0 radical (unpaired) electrons. The number of benzene rings is 1. The van der Waals surface area contributed by atoms with Crippen LogP contribution in [0, 0.1) is 6.92 Å². The first-order valence-corrected chi connectivity index (χ1v) is 9.10. The predicted molar refractivity (Wildman–Crippen MR) is 104 cm³/mol. The van der Waals surface area contributed by atoms with Gasteiger partial charge in [0.25, 0.3) is 5.56 Å². The van der Waals surface area contributed by atoms with E-state index in [-0.39, 0.29) is 5.56 Å². The molecule has 9 nitrogen and oxygen atoms in total. The van der Waals surface area contributed by atoms with E-state index in [1.54, 1.807) is 31.8 Å². The molecule has 0 amide bonds. The molecule has 3 heterocycles. The zero-order valence-electron chi connectivity index (χ0n) is 16.1. The number of fused-ring (bicyclic) bond motifs is 1. The van der Waals surface area contributed by atoms with Crippen LogP contribution < -0.4 is 20.3 Å². The van der Waals surface area contributed by atoms with Gasteiger partial charge in [-0.05, 0) is 19.1 Å². The molecule has 0 bridgehead atoms.